The van der Waals surface area contributed by atoms with Crippen molar-refractivity contribution in [3.63, 3.8) is 0 Å². The second kappa shape index (κ2) is 6.96. The molecule has 0 bridgehead atoms. The summed E-state index contributed by atoms with van der Waals surface area (Å²) in [4.78, 5) is 15.3. The lowest BCUT2D eigenvalue weighted by Crippen LogP contribution is -2.42. The van der Waals surface area contributed by atoms with Gasteiger partial charge in [0, 0.05) is 41.5 Å². The molecule has 2 rings (SSSR count). The number of anilines is 1. The molecule has 1 aromatic carbocycles. The molecule has 114 valence electrons. The summed E-state index contributed by atoms with van der Waals surface area (Å²) >= 11 is 6.23. The van der Waals surface area contributed by atoms with Gasteiger partial charge in [-0.2, -0.15) is 0 Å². The summed E-state index contributed by atoms with van der Waals surface area (Å²) in [6.07, 6.45) is 4.92. The van der Waals surface area contributed by atoms with Gasteiger partial charge in [0.05, 0.1) is 0 Å². The highest BCUT2D eigenvalue weighted by atomic mass is 35.5. The first-order valence-corrected chi connectivity index (χ1v) is 7.47. The van der Waals surface area contributed by atoms with E-state index < -0.39 is 5.97 Å². The maximum atomic E-state index is 10.7. The van der Waals surface area contributed by atoms with E-state index in [0.29, 0.717) is 11.1 Å². The molecular weight excluding hydrogens is 288 g/mol. The van der Waals surface area contributed by atoms with Gasteiger partial charge < -0.3 is 14.9 Å². The Morgan fingerprint density at radius 1 is 1.38 bits per heavy atom. The Hall–Kier alpha value is -1.52. The van der Waals surface area contributed by atoms with Crippen LogP contribution in [0.2, 0.25) is 5.02 Å². The van der Waals surface area contributed by atoms with Crippen LogP contribution < -0.4 is 4.90 Å². The third-order valence-corrected chi connectivity index (χ3v) is 4.29. The van der Waals surface area contributed by atoms with E-state index in [1.54, 1.807) is 12.1 Å². The third kappa shape index (κ3) is 3.99. The van der Waals surface area contributed by atoms with Crippen LogP contribution in [0.1, 0.15) is 18.4 Å². The molecule has 1 fully saturated rings. The van der Waals surface area contributed by atoms with Crippen LogP contribution in [0.5, 0.6) is 0 Å². The molecule has 5 heteroatoms. The SMILES string of the molecule is CN(C)C1CCN(c2cccc(Cl)c2/C=C/C(=O)O)CC1. The maximum absolute atomic E-state index is 10.7. The Bertz CT molecular complexity index is 535. The minimum absolute atomic E-state index is 0.583. The van der Waals surface area contributed by atoms with Gasteiger partial charge in [0.1, 0.15) is 0 Å². The zero-order chi connectivity index (χ0) is 15.4. The summed E-state index contributed by atoms with van der Waals surface area (Å²) in [7, 11) is 4.22. The summed E-state index contributed by atoms with van der Waals surface area (Å²) in [5.41, 5.74) is 1.79. The number of hydrogen-bond donors (Lipinski definition) is 1. The Balaban J connectivity index is 2.20. The third-order valence-electron chi connectivity index (χ3n) is 3.96. The van der Waals surface area contributed by atoms with Crippen LogP contribution in [0.4, 0.5) is 5.69 Å². The highest BCUT2D eigenvalue weighted by molar-refractivity contribution is 6.32. The quantitative estimate of drug-likeness (QED) is 0.869. The molecule has 0 saturated carbocycles. The molecule has 0 aromatic heterocycles. The van der Waals surface area contributed by atoms with Crippen LogP contribution in [-0.4, -0.2) is 49.2 Å². The van der Waals surface area contributed by atoms with Gasteiger partial charge >= 0.3 is 5.97 Å². The van der Waals surface area contributed by atoms with Crippen LogP contribution in [-0.2, 0) is 4.79 Å². The molecule has 1 aromatic rings. The molecule has 0 atom stereocenters. The van der Waals surface area contributed by atoms with E-state index in [0.717, 1.165) is 43.3 Å². The van der Waals surface area contributed by atoms with Crippen LogP contribution in [0.3, 0.4) is 0 Å². The zero-order valence-electron chi connectivity index (χ0n) is 12.4. The number of carboxylic acid groups (broad SMARTS) is 1. The lowest BCUT2D eigenvalue weighted by Gasteiger charge is -2.37. The smallest absolute Gasteiger partial charge is 0.328 e. The van der Waals surface area contributed by atoms with Gasteiger partial charge in [-0.3, -0.25) is 0 Å². The fourth-order valence-electron chi connectivity index (χ4n) is 2.74. The molecule has 1 saturated heterocycles. The largest absolute Gasteiger partial charge is 0.478 e. The average Bonchev–Trinajstić information content (AvgIpc) is 2.45. The van der Waals surface area contributed by atoms with Gasteiger partial charge in [0.2, 0.25) is 0 Å². The average molecular weight is 309 g/mol. The van der Waals surface area contributed by atoms with Crippen molar-refractivity contribution in [2.75, 3.05) is 32.1 Å². The summed E-state index contributed by atoms with van der Waals surface area (Å²) in [6, 6.07) is 6.31. The second-order valence-electron chi connectivity index (χ2n) is 5.53. The fraction of sp³-hybridized carbons (Fsp3) is 0.438. The van der Waals surface area contributed by atoms with Gasteiger partial charge in [-0.25, -0.2) is 4.79 Å². The van der Waals surface area contributed by atoms with Gasteiger partial charge in [-0.05, 0) is 45.1 Å². The van der Waals surface area contributed by atoms with E-state index in [1.807, 2.05) is 12.1 Å². The van der Waals surface area contributed by atoms with E-state index in [2.05, 4.69) is 23.9 Å². The Morgan fingerprint density at radius 2 is 2.05 bits per heavy atom. The first-order chi connectivity index (χ1) is 9.99. The van der Waals surface area contributed by atoms with E-state index in [1.165, 1.54) is 0 Å². The monoisotopic (exact) mass is 308 g/mol. The van der Waals surface area contributed by atoms with Crippen molar-refractivity contribution in [2.45, 2.75) is 18.9 Å². The highest BCUT2D eigenvalue weighted by Gasteiger charge is 2.22. The lowest BCUT2D eigenvalue weighted by molar-refractivity contribution is -0.131. The predicted octanol–water partition coefficient (Wildman–Crippen LogP) is 2.97. The molecule has 0 spiro atoms. The van der Waals surface area contributed by atoms with Gasteiger partial charge in [-0.1, -0.05) is 17.7 Å². The molecule has 1 aliphatic heterocycles. The second-order valence-corrected chi connectivity index (χ2v) is 5.93. The number of halogens is 1. The number of carboxylic acids is 1. The van der Waals surface area contributed by atoms with Crippen molar-refractivity contribution >= 4 is 29.3 Å². The molecule has 1 N–H and O–H groups in total. The van der Waals surface area contributed by atoms with Crippen LogP contribution in [0.25, 0.3) is 6.08 Å². The molecule has 0 aliphatic carbocycles. The maximum Gasteiger partial charge on any atom is 0.328 e. The zero-order valence-corrected chi connectivity index (χ0v) is 13.2. The molecule has 1 heterocycles. The minimum atomic E-state index is -0.966. The molecule has 21 heavy (non-hydrogen) atoms. The number of nitrogens with zero attached hydrogens (tertiary/aromatic N) is 2. The van der Waals surface area contributed by atoms with Crippen LogP contribution >= 0.6 is 11.6 Å². The molecular formula is C16H21ClN2O2. The summed E-state index contributed by atoms with van der Waals surface area (Å²) in [6.45, 7) is 1.91. The van der Waals surface area contributed by atoms with Crippen molar-refractivity contribution in [3.05, 3.63) is 34.9 Å². The van der Waals surface area contributed by atoms with Crippen LogP contribution in [0.15, 0.2) is 24.3 Å². The van der Waals surface area contributed by atoms with E-state index >= 15 is 0 Å². The van der Waals surface area contributed by atoms with Gasteiger partial charge in [0.15, 0.2) is 0 Å². The molecule has 0 amide bonds. The van der Waals surface area contributed by atoms with Crippen molar-refractivity contribution in [3.8, 4) is 0 Å². The number of rotatable bonds is 4. The summed E-state index contributed by atoms with van der Waals surface area (Å²) in [5, 5.41) is 9.40. The van der Waals surface area contributed by atoms with E-state index in [-0.39, 0.29) is 0 Å². The number of carbonyl (C=O) groups is 1. The Kier molecular flexibility index (Phi) is 5.26. The number of piperidine rings is 1. The van der Waals surface area contributed by atoms with Gasteiger partial charge in [0.25, 0.3) is 0 Å². The normalized spacial score (nSPS) is 16.9. The first kappa shape index (κ1) is 15.9. The molecule has 0 radical (unpaired) electrons. The van der Waals surface area contributed by atoms with Gasteiger partial charge in [-0.15, -0.1) is 0 Å². The number of hydrogen-bond acceptors (Lipinski definition) is 3. The predicted molar refractivity (Wildman–Crippen MR) is 87.0 cm³/mol. The number of benzene rings is 1. The van der Waals surface area contributed by atoms with Crippen molar-refractivity contribution in [2.24, 2.45) is 0 Å². The van der Waals surface area contributed by atoms with E-state index in [4.69, 9.17) is 16.7 Å². The fourth-order valence-corrected chi connectivity index (χ4v) is 2.98. The highest BCUT2D eigenvalue weighted by Crippen LogP contribution is 2.31. The standard InChI is InChI=1S/C16H21ClN2O2/c1-18(2)12-8-10-19(11-9-12)15-5-3-4-14(17)13(15)6-7-16(20)21/h3-7,12H,8-11H2,1-2H3,(H,20,21)/b7-6+. The lowest BCUT2D eigenvalue weighted by atomic mass is 10.0. The molecule has 0 unspecified atom stereocenters. The van der Waals surface area contributed by atoms with Crippen molar-refractivity contribution in [1.82, 2.24) is 4.90 Å². The first-order valence-electron chi connectivity index (χ1n) is 7.10. The minimum Gasteiger partial charge on any atom is -0.478 e. The summed E-state index contributed by atoms with van der Waals surface area (Å²) < 4.78 is 0. The molecule has 1 aliphatic rings. The van der Waals surface area contributed by atoms with Crippen molar-refractivity contribution < 1.29 is 9.90 Å². The van der Waals surface area contributed by atoms with Crippen molar-refractivity contribution in [1.29, 1.82) is 0 Å². The number of aliphatic carboxylic acids is 1. The Labute approximate surface area is 130 Å². The summed E-state index contributed by atoms with van der Waals surface area (Å²) in [5.74, 6) is -0.966. The Morgan fingerprint density at radius 3 is 2.62 bits per heavy atom. The van der Waals surface area contributed by atoms with E-state index in [9.17, 15) is 4.79 Å². The van der Waals surface area contributed by atoms with Crippen LogP contribution in [0, 0.1) is 0 Å². The molecule has 4 nitrogen and oxygen atoms in total. The topological polar surface area (TPSA) is 43.8 Å².